The van der Waals surface area contributed by atoms with Crippen molar-refractivity contribution in [3.63, 3.8) is 0 Å². The van der Waals surface area contributed by atoms with Gasteiger partial charge < -0.3 is 14.9 Å². The van der Waals surface area contributed by atoms with Gasteiger partial charge in [0.15, 0.2) is 0 Å². The molecule has 3 N–H and O–H groups in total. The standard InChI is InChI=1S/C13H15N3O3/c1-3-18-10-6-4-5-9(14)11(10)12(17)16-13-15-8(2)7-19-13/h4-7H,3,14H2,1-2H3,(H,15,16,17). The van der Waals surface area contributed by atoms with Gasteiger partial charge in [0.25, 0.3) is 5.91 Å². The molecule has 0 radical (unpaired) electrons. The maximum absolute atomic E-state index is 12.2. The number of anilines is 2. The molecule has 0 fully saturated rings. The minimum Gasteiger partial charge on any atom is -0.493 e. The van der Waals surface area contributed by atoms with Gasteiger partial charge in [0, 0.05) is 5.69 Å². The molecule has 6 heteroatoms. The number of benzene rings is 1. The zero-order valence-electron chi connectivity index (χ0n) is 10.8. The fourth-order valence-corrected chi connectivity index (χ4v) is 1.64. The highest BCUT2D eigenvalue weighted by molar-refractivity contribution is 6.08. The van der Waals surface area contributed by atoms with Gasteiger partial charge in [-0.05, 0) is 26.0 Å². The summed E-state index contributed by atoms with van der Waals surface area (Å²) in [6.07, 6.45) is 1.45. The van der Waals surface area contributed by atoms with E-state index in [-0.39, 0.29) is 11.6 Å². The van der Waals surface area contributed by atoms with Crippen LogP contribution in [0, 0.1) is 6.92 Å². The number of nitrogens with two attached hydrogens (primary N) is 1. The van der Waals surface area contributed by atoms with E-state index in [9.17, 15) is 4.79 Å². The van der Waals surface area contributed by atoms with Gasteiger partial charge in [-0.2, -0.15) is 4.98 Å². The highest BCUT2D eigenvalue weighted by Gasteiger charge is 2.17. The van der Waals surface area contributed by atoms with E-state index in [1.165, 1.54) is 6.26 Å². The van der Waals surface area contributed by atoms with E-state index in [1.807, 2.05) is 6.92 Å². The van der Waals surface area contributed by atoms with E-state index >= 15 is 0 Å². The molecule has 1 aromatic carbocycles. The highest BCUT2D eigenvalue weighted by atomic mass is 16.5. The van der Waals surface area contributed by atoms with Gasteiger partial charge in [-0.1, -0.05) is 6.07 Å². The van der Waals surface area contributed by atoms with Crippen LogP contribution in [0.3, 0.4) is 0 Å². The number of aromatic nitrogens is 1. The maximum atomic E-state index is 12.2. The first-order valence-electron chi connectivity index (χ1n) is 5.86. The quantitative estimate of drug-likeness (QED) is 0.823. The number of amides is 1. The molecule has 1 heterocycles. The van der Waals surface area contributed by atoms with Crippen LogP contribution >= 0.6 is 0 Å². The Hall–Kier alpha value is -2.50. The van der Waals surface area contributed by atoms with E-state index in [2.05, 4.69) is 10.3 Å². The van der Waals surface area contributed by atoms with E-state index in [1.54, 1.807) is 25.1 Å². The zero-order chi connectivity index (χ0) is 13.8. The lowest BCUT2D eigenvalue weighted by atomic mass is 10.1. The number of ether oxygens (including phenoxy) is 1. The first kappa shape index (κ1) is 12.9. The summed E-state index contributed by atoms with van der Waals surface area (Å²) in [5.74, 6) is 0.0201. The van der Waals surface area contributed by atoms with Crippen LogP contribution in [0.2, 0.25) is 0 Å². The number of hydrogen-bond acceptors (Lipinski definition) is 5. The molecule has 1 aromatic heterocycles. The Morgan fingerprint density at radius 1 is 1.53 bits per heavy atom. The minimum atomic E-state index is -0.414. The van der Waals surface area contributed by atoms with Crippen LogP contribution in [-0.2, 0) is 0 Å². The van der Waals surface area contributed by atoms with E-state index in [0.717, 1.165) is 0 Å². The molecular weight excluding hydrogens is 246 g/mol. The molecule has 6 nitrogen and oxygen atoms in total. The smallest absolute Gasteiger partial charge is 0.301 e. The van der Waals surface area contributed by atoms with Crippen molar-refractivity contribution in [2.24, 2.45) is 0 Å². The summed E-state index contributed by atoms with van der Waals surface area (Å²) in [5, 5.41) is 2.54. The number of nitrogens with one attached hydrogen (secondary N) is 1. The van der Waals surface area contributed by atoms with Gasteiger partial charge in [-0.15, -0.1) is 0 Å². The summed E-state index contributed by atoms with van der Waals surface area (Å²) < 4.78 is 10.5. The number of nitrogens with zero attached hydrogens (tertiary/aromatic N) is 1. The van der Waals surface area contributed by atoms with Gasteiger partial charge >= 0.3 is 6.01 Å². The highest BCUT2D eigenvalue weighted by Crippen LogP contribution is 2.25. The molecule has 0 aliphatic rings. The van der Waals surface area contributed by atoms with Gasteiger partial charge in [0.2, 0.25) is 0 Å². The molecule has 100 valence electrons. The number of carbonyl (C=O) groups is 1. The second-order valence-corrected chi connectivity index (χ2v) is 3.90. The van der Waals surface area contributed by atoms with Gasteiger partial charge in [-0.25, -0.2) is 0 Å². The van der Waals surface area contributed by atoms with Crippen LogP contribution in [0.15, 0.2) is 28.9 Å². The molecule has 0 bridgehead atoms. The first-order chi connectivity index (χ1) is 9.11. The van der Waals surface area contributed by atoms with Crippen LogP contribution in [0.4, 0.5) is 11.7 Å². The number of carbonyl (C=O) groups excluding carboxylic acids is 1. The third-order valence-electron chi connectivity index (χ3n) is 2.42. The molecule has 0 saturated carbocycles. The van der Waals surface area contributed by atoms with Crippen LogP contribution in [0.5, 0.6) is 5.75 Å². The fraction of sp³-hybridized carbons (Fsp3) is 0.231. The summed E-state index contributed by atoms with van der Waals surface area (Å²) >= 11 is 0. The molecular formula is C13H15N3O3. The van der Waals surface area contributed by atoms with Crippen LogP contribution in [-0.4, -0.2) is 17.5 Å². The second-order valence-electron chi connectivity index (χ2n) is 3.90. The topological polar surface area (TPSA) is 90.4 Å². The largest absolute Gasteiger partial charge is 0.493 e. The van der Waals surface area contributed by atoms with Crippen LogP contribution in [0.1, 0.15) is 23.0 Å². The molecule has 0 spiro atoms. The Kier molecular flexibility index (Phi) is 3.70. The van der Waals surface area contributed by atoms with Crippen molar-refractivity contribution in [3.8, 4) is 5.75 Å². The van der Waals surface area contributed by atoms with Gasteiger partial charge in [-0.3, -0.25) is 10.1 Å². The predicted molar refractivity (Wildman–Crippen MR) is 71.2 cm³/mol. The SMILES string of the molecule is CCOc1cccc(N)c1C(=O)Nc1nc(C)co1. The predicted octanol–water partition coefficient (Wildman–Crippen LogP) is 2.22. The monoisotopic (exact) mass is 261 g/mol. The lowest BCUT2D eigenvalue weighted by molar-refractivity contribution is 0.102. The molecule has 19 heavy (non-hydrogen) atoms. The van der Waals surface area contributed by atoms with Crippen LogP contribution < -0.4 is 15.8 Å². The summed E-state index contributed by atoms with van der Waals surface area (Å²) in [6.45, 7) is 4.05. The lowest BCUT2D eigenvalue weighted by Crippen LogP contribution is -2.16. The summed E-state index contributed by atoms with van der Waals surface area (Å²) in [6, 6.07) is 5.19. The van der Waals surface area contributed by atoms with Crippen LogP contribution in [0.25, 0.3) is 0 Å². The van der Waals surface area contributed by atoms with Crippen molar-refractivity contribution in [1.82, 2.24) is 4.98 Å². The average Bonchev–Trinajstić information content (AvgIpc) is 2.75. The van der Waals surface area contributed by atoms with Gasteiger partial charge in [0.1, 0.15) is 17.6 Å². The number of rotatable bonds is 4. The molecule has 0 aliphatic heterocycles. The van der Waals surface area contributed by atoms with Crippen molar-refractivity contribution in [2.75, 3.05) is 17.7 Å². The number of aryl methyl sites for hydroxylation is 1. The zero-order valence-corrected chi connectivity index (χ0v) is 10.8. The molecule has 2 aromatic rings. The van der Waals surface area contributed by atoms with Crippen molar-refractivity contribution < 1.29 is 13.9 Å². The fourth-order valence-electron chi connectivity index (χ4n) is 1.64. The van der Waals surface area contributed by atoms with Crippen molar-refractivity contribution in [3.05, 3.63) is 35.7 Å². The summed E-state index contributed by atoms with van der Waals surface area (Å²) in [4.78, 5) is 16.2. The van der Waals surface area contributed by atoms with E-state index < -0.39 is 5.91 Å². The Labute approximate surface area is 110 Å². The third kappa shape index (κ3) is 2.85. The van der Waals surface area contributed by atoms with Gasteiger partial charge in [0.05, 0.1) is 12.3 Å². The number of nitrogen functional groups attached to an aromatic ring is 1. The number of oxazole rings is 1. The van der Waals surface area contributed by atoms with Crippen molar-refractivity contribution >= 4 is 17.6 Å². The molecule has 0 unspecified atom stereocenters. The Morgan fingerprint density at radius 2 is 2.32 bits per heavy atom. The van der Waals surface area contributed by atoms with Crippen molar-refractivity contribution in [2.45, 2.75) is 13.8 Å². The Balaban J connectivity index is 2.27. The molecule has 1 amide bonds. The molecule has 2 rings (SSSR count). The summed E-state index contributed by atoms with van der Waals surface area (Å²) in [7, 11) is 0. The van der Waals surface area contributed by atoms with E-state index in [0.29, 0.717) is 23.7 Å². The first-order valence-corrected chi connectivity index (χ1v) is 5.86. The Morgan fingerprint density at radius 3 is 2.95 bits per heavy atom. The third-order valence-corrected chi connectivity index (χ3v) is 2.42. The Bertz CT molecular complexity index is 593. The normalized spacial score (nSPS) is 10.2. The lowest BCUT2D eigenvalue weighted by Gasteiger charge is -2.11. The number of hydrogen-bond donors (Lipinski definition) is 2. The second kappa shape index (κ2) is 5.43. The molecule has 0 saturated heterocycles. The summed E-state index contributed by atoms with van der Waals surface area (Å²) in [5.41, 5.74) is 7.12. The van der Waals surface area contributed by atoms with E-state index in [4.69, 9.17) is 14.9 Å². The van der Waals surface area contributed by atoms with Crippen molar-refractivity contribution in [1.29, 1.82) is 0 Å². The minimum absolute atomic E-state index is 0.133. The molecule has 0 atom stereocenters. The molecule has 0 aliphatic carbocycles. The average molecular weight is 261 g/mol. The maximum Gasteiger partial charge on any atom is 0.301 e.